The van der Waals surface area contributed by atoms with E-state index in [1.165, 1.54) is 0 Å². The monoisotopic (exact) mass is 388 g/mol. The molecule has 5 heteroatoms. The lowest BCUT2D eigenvalue weighted by Gasteiger charge is -2.07. The summed E-state index contributed by atoms with van der Waals surface area (Å²) in [6.45, 7) is 0.506. The van der Waals surface area contributed by atoms with E-state index in [0.29, 0.717) is 17.5 Å². The van der Waals surface area contributed by atoms with E-state index in [2.05, 4.69) is 10.2 Å². The standard InChI is InChI=1S/C23H17ClN2O2/c24-21(23-26-25-22(28-23)19-11-5-2-6-12-19)15-18-10-7-13-20(14-18)27-16-17-8-3-1-4-9-17/h1-15H,16H2/b21-15-. The predicted octanol–water partition coefficient (Wildman–Crippen LogP) is 6.05. The van der Waals surface area contributed by atoms with Gasteiger partial charge in [-0.05, 0) is 41.5 Å². The number of benzene rings is 3. The second-order valence-corrected chi connectivity index (χ2v) is 6.52. The van der Waals surface area contributed by atoms with Gasteiger partial charge in [0, 0.05) is 5.56 Å². The Hall–Kier alpha value is -3.37. The summed E-state index contributed by atoms with van der Waals surface area (Å²) < 4.78 is 11.5. The highest BCUT2D eigenvalue weighted by Crippen LogP contribution is 2.26. The van der Waals surface area contributed by atoms with Gasteiger partial charge in [-0.15, -0.1) is 10.2 Å². The minimum atomic E-state index is 0.274. The molecule has 0 fully saturated rings. The van der Waals surface area contributed by atoms with Crippen LogP contribution < -0.4 is 4.74 Å². The van der Waals surface area contributed by atoms with Gasteiger partial charge in [-0.1, -0.05) is 72.3 Å². The molecule has 0 N–H and O–H groups in total. The van der Waals surface area contributed by atoms with Crippen molar-refractivity contribution in [3.8, 4) is 17.2 Å². The first-order chi connectivity index (χ1) is 13.8. The Morgan fingerprint density at radius 2 is 1.64 bits per heavy atom. The van der Waals surface area contributed by atoms with Crippen molar-refractivity contribution in [2.24, 2.45) is 0 Å². The molecule has 0 aliphatic heterocycles. The first-order valence-electron chi connectivity index (χ1n) is 8.81. The van der Waals surface area contributed by atoms with E-state index >= 15 is 0 Å². The molecule has 1 aromatic heterocycles. The molecule has 0 unspecified atom stereocenters. The van der Waals surface area contributed by atoms with E-state index in [0.717, 1.165) is 22.4 Å². The number of hydrogen-bond donors (Lipinski definition) is 0. The number of ether oxygens (including phenoxy) is 1. The smallest absolute Gasteiger partial charge is 0.259 e. The highest BCUT2D eigenvalue weighted by atomic mass is 35.5. The van der Waals surface area contributed by atoms with Crippen LogP contribution in [0.1, 0.15) is 17.0 Å². The molecule has 0 saturated carbocycles. The molecule has 0 aliphatic carbocycles. The maximum atomic E-state index is 6.39. The minimum Gasteiger partial charge on any atom is -0.489 e. The molecule has 4 rings (SSSR count). The number of halogens is 1. The fourth-order valence-corrected chi connectivity index (χ4v) is 2.86. The molecule has 0 bridgehead atoms. The molecule has 0 aliphatic rings. The molecule has 28 heavy (non-hydrogen) atoms. The van der Waals surface area contributed by atoms with Gasteiger partial charge < -0.3 is 9.15 Å². The van der Waals surface area contributed by atoms with Gasteiger partial charge in [0.1, 0.15) is 17.4 Å². The Balaban J connectivity index is 1.48. The van der Waals surface area contributed by atoms with Crippen molar-refractivity contribution < 1.29 is 9.15 Å². The molecule has 0 saturated heterocycles. The van der Waals surface area contributed by atoms with E-state index in [1.807, 2.05) is 84.9 Å². The minimum absolute atomic E-state index is 0.274. The summed E-state index contributed by atoms with van der Waals surface area (Å²) in [5, 5.41) is 8.47. The zero-order chi connectivity index (χ0) is 19.2. The SMILES string of the molecule is Cl/C(=C\c1cccc(OCc2ccccc2)c1)c1nnc(-c2ccccc2)o1. The lowest BCUT2D eigenvalue weighted by atomic mass is 10.2. The summed E-state index contributed by atoms with van der Waals surface area (Å²) in [6, 6.07) is 27.3. The van der Waals surface area contributed by atoms with Gasteiger partial charge >= 0.3 is 0 Å². The maximum absolute atomic E-state index is 6.39. The summed E-state index contributed by atoms with van der Waals surface area (Å²) in [6.07, 6.45) is 1.78. The third-order valence-electron chi connectivity index (χ3n) is 4.05. The second-order valence-electron chi connectivity index (χ2n) is 6.12. The molecule has 3 aromatic carbocycles. The van der Waals surface area contributed by atoms with Gasteiger partial charge in [-0.3, -0.25) is 0 Å². The molecule has 0 radical (unpaired) electrons. The van der Waals surface area contributed by atoms with Crippen molar-refractivity contribution in [3.63, 3.8) is 0 Å². The molecular weight excluding hydrogens is 372 g/mol. The van der Waals surface area contributed by atoms with Gasteiger partial charge in [0.05, 0.1) is 0 Å². The average Bonchev–Trinajstić information content (AvgIpc) is 3.25. The zero-order valence-electron chi connectivity index (χ0n) is 15.0. The molecule has 1 heterocycles. The fraction of sp³-hybridized carbons (Fsp3) is 0.0435. The Kier molecular flexibility index (Phi) is 5.50. The number of rotatable bonds is 6. The highest BCUT2D eigenvalue weighted by molar-refractivity contribution is 6.50. The van der Waals surface area contributed by atoms with Crippen molar-refractivity contribution in [2.45, 2.75) is 6.61 Å². The van der Waals surface area contributed by atoms with Crippen LogP contribution in [0.4, 0.5) is 0 Å². The van der Waals surface area contributed by atoms with Crippen LogP contribution in [0.25, 0.3) is 22.6 Å². The number of hydrogen-bond acceptors (Lipinski definition) is 4. The Labute approximate surface area is 168 Å². The van der Waals surface area contributed by atoms with Crippen molar-refractivity contribution >= 4 is 22.7 Å². The van der Waals surface area contributed by atoms with Gasteiger partial charge in [-0.2, -0.15) is 0 Å². The summed E-state index contributed by atoms with van der Waals surface area (Å²) in [5.41, 5.74) is 2.85. The van der Waals surface area contributed by atoms with Crippen molar-refractivity contribution in [2.75, 3.05) is 0 Å². The van der Waals surface area contributed by atoms with Crippen molar-refractivity contribution in [1.29, 1.82) is 0 Å². The topological polar surface area (TPSA) is 48.2 Å². The van der Waals surface area contributed by atoms with Crippen LogP contribution in [0.3, 0.4) is 0 Å². The molecule has 4 aromatic rings. The predicted molar refractivity (Wildman–Crippen MR) is 111 cm³/mol. The number of nitrogens with zero attached hydrogens (tertiary/aromatic N) is 2. The zero-order valence-corrected chi connectivity index (χ0v) is 15.7. The van der Waals surface area contributed by atoms with Gasteiger partial charge in [0.25, 0.3) is 5.89 Å². The fourth-order valence-electron chi connectivity index (χ4n) is 2.66. The third-order valence-corrected chi connectivity index (χ3v) is 4.32. The van der Waals surface area contributed by atoms with Gasteiger partial charge in [0.2, 0.25) is 5.89 Å². The van der Waals surface area contributed by atoms with E-state index < -0.39 is 0 Å². The lowest BCUT2D eigenvalue weighted by molar-refractivity contribution is 0.306. The molecule has 4 nitrogen and oxygen atoms in total. The third kappa shape index (κ3) is 4.48. The summed E-state index contributed by atoms with van der Waals surface area (Å²) in [4.78, 5) is 0. The van der Waals surface area contributed by atoms with Crippen LogP contribution >= 0.6 is 11.6 Å². The van der Waals surface area contributed by atoms with Gasteiger partial charge in [0.15, 0.2) is 0 Å². The summed E-state index contributed by atoms with van der Waals surface area (Å²) in [7, 11) is 0. The van der Waals surface area contributed by atoms with Crippen LogP contribution in [0, 0.1) is 0 Å². The maximum Gasteiger partial charge on any atom is 0.259 e. The normalized spacial score (nSPS) is 11.4. The van der Waals surface area contributed by atoms with Crippen LogP contribution in [0.15, 0.2) is 89.3 Å². The largest absolute Gasteiger partial charge is 0.489 e. The quantitative estimate of drug-likeness (QED) is 0.403. The lowest BCUT2D eigenvalue weighted by Crippen LogP contribution is -1.94. The molecule has 0 atom stereocenters. The Morgan fingerprint density at radius 1 is 0.893 bits per heavy atom. The summed E-state index contributed by atoms with van der Waals surface area (Å²) >= 11 is 6.39. The van der Waals surface area contributed by atoms with Crippen LogP contribution in [-0.2, 0) is 6.61 Å². The van der Waals surface area contributed by atoms with Gasteiger partial charge in [-0.25, -0.2) is 0 Å². The number of aromatic nitrogens is 2. The van der Waals surface area contributed by atoms with E-state index in [4.69, 9.17) is 20.8 Å². The Bertz CT molecular complexity index is 1080. The molecule has 0 amide bonds. The molecule has 138 valence electrons. The molecule has 0 spiro atoms. The van der Waals surface area contributed by atoms with Crippen molar-refractivity contribution in [3.05, 3.63) is 102 Å². The van der Waals surface area contributed by atoms with E-state index in [9.17, 15) is 0 Å². The Morgan fingerprint density at radius 3 is 2.43 bits per heavy atom. The first kappa shape index (κ1) is 18.0. The first-order valence-corrected chi connectivity index (χ1v) is 9.19. The van der Waals surface area contributed by atoms with Crippen molar-refractivity contribution in [1.82, 2.24) is 10.2 Å². The second kappa shape index (κ2) is 8.55. The highest BCUT2D eigenvalue weighted by Gasteiger charge is 2.11. The van der Waals surface area contributed by atoms with E-state index in [1.54, 1.807) is 6.08 Å². The average molecular weight is 389 g/mol. The van der Waals surface area contributed by atoms with Crippen LogP contribution in [-0.4, -0.2) is 10.2 Å². The van der Waals surface area contributed by atoms with E-state index in [-0.39, 0.29) is 5.89 Å². The summed E-state index contributed by atoms with van der Waals surface area (Å²) in [5.74, 6) is 1.47. The van der Waals surface area contributed by atoms with Crippen LogP contribution in [0.5, 0.6) is 5.75 Å². The molecular formula is C23H17ClN2O2. The van der Waals surface area contributed by atoms with Crippen LogP contribution in [0.2, 0.25) is 0 Å².